The molecule has 1 unspecified atom stereocenters. The molecule has 0 saturated carbocycles. The standard InChI is InChI=1S/C20H23N5O3S/c1-14-19(29-17(12-26)22-14)16-8-9-21-20(23-16)25(15-6-4-3-5-7-15)24-10-11-28-13-18(24)27-2/h3-9,18,26H,10-13H2,1-2H3. The summed E-state index contributed by atoms with van der Waals surface area (Å²) in [7, 11) is 1.67. The third kappa shape index (κ3) is 4.14. The van der Waals surface area contributed by atoms with E-state index in [9.17, 15) is 5.11 Å². The lowest BCUT2D eigenvalue weighted by atomic mass is 10.3. The predicted octanol–water partition coefficient (Wildman–Crippen LogP) is 2.76. The Kier molecular flexibility index (Phi) is 6.12. The van der Waals surface area contributed by atoms with Crippen LogP contribution in [0.3, 0.4) is 0 Å². The molecule has 1 N–H and O–H groups in total. The zero-order valence-electron chi connectivity index (χ0n) is 16.4. The summed E-state index contributed by atoms with van der Waals surface area (Å²) in [6.07, 6.45) is 1.50. The number of aryl methyl sites for hydroxylation is 1. The van der Waals surface area contributed by atoms with Crippen LogP contribution in [-0.4, -0.2) is 58.2 Å². The molecular formula is C20H23N5O3S. The van der Waals surface area contributed by atoms with E-state index < -0.39 is 0 Å². The third-order valence-corrected chi connectivity index (χ3v) is 5.79. The van der Waals surface area contributed by atoms with Crippen LogP contribution in [0.1, 0.15) is 10.7 Å². The maximum Gasteiger partial charge on any atom is 0.245 e. The quantitative estimate of drug-likeness (QED) is 0.660. The molecule has 8 nitrogen and oxygen atoms in total. The number of para-hydroxylation sites is 1. The maximum atomic E-state index is 9.41. The van der Waals surface area contributed by atoms with Gasteiger partial charge in [-0.3, -0.25) is 0 Å². The molecule has 3 heterocycles. The van der Waals surface area contributed by atoms with Crippen LogP contribution in [0, 0.1) is 6.92 Å². The average molecular weight is 414 g/mol. The minimum atomic E-state index is -0.248. The van der Waals surface area contributed by atoms with Crippen LogP contribution >= 0.6 is 11.3 Å². The second-order valence-electron chi connectivity index (χ2n) is 6.50. The fourth-order valence-corrected chi connectivity index (χ4v) is 4.17. The number of benzene rings is 1. The van der Waals surface area contributed by atoms with Crippen molar-refractivity contribution in [3.8, 4) is 10.6 Å². The zero-order chi connectivity index (χ0) is 20.2. The molecule has 1 atom stereocenters. The van der Waals surface area contributed by atoms with E-state index >= 15 is 0 Å². The SMILES string of the molecule is COC1COCCN1N(c1ccccc1)c1nccc(-c2sc(CO)nc2C)n1. The number of hydrogen-bond acceptors (Lipinski definition) is 9. The molecule has 0 spiro atoms. The molecule has 1 aliphatic heterocycles. The van der Waals surface area contributed by atoms with E-state index in [1.807, 2.05) is 48.3 Å². The third-order valence-electron chi connectivity index (χ3n) is 4.63. The van der Waals surface area contributed by atoms with Crippen molar-refractivity contribution in [3.63, 3.8) is 0 Å². The molecule has 4 rings (SSSR count). The van der Waals surface area contributed by atoms with Crippen molar-refractivity contribution in [2.75, 3.05) is 31.9 Å². The molecule has 2 aromatic heterocycles. The van der Waals surface area contributed by atoms with Crippen molar-refractivity contribution in [2.45, 2.75) is 19.8 Å². The van der Waals surface area contributed by atoms with E-state index in [2.05, 4.69) is 15.0 Å². The van der Waals surface area contributed by atoms with E-state index in [-0.39, 0.29) is 12.8 Å². The lowest BCUT2D eigenvalue weighted by Crippen LogP contribution is -2.54. The molecule has 1 aliphatic rings. The number of anilines is 2. The molecule has 1 saturated heterocycles. The summed E-state index contributed by atoms with van der Waals surface area (Å²) in [6.45, 7) is 3.55. The summed E-state index contributed by atoms with van der Waals surface area (Å²) < 4.78 is 11.2. The Balaban J connectivity index is 1.78. The van der Waals surface area contributed by atoms with Gasteiger partial charge in [0, 0.05) is 19.9 Å². The number of ether oxygens (including phenoxy) is 2. The number of hydrazine groups is 1. The highest BCUT2D eigenvalue weighted by Gasteiger charge is 2.31. The van der Waals surface area contributed by atoms with Gasteiger partial charge in [-0.1, -0.05) is 18.2 Å². The number of rotatable bonds is 6. The van der Waals surface area contributed by atoms with Crippen LogP contribution in [0.5, 0.6) is 0 Å². The first-order valence-electron chi connectivity index (χ1n) is 9.34. The van der Waals surface area contributed by atoms with Gasteiger partial charge in [0.1, 0.15) is 5.01 Å². The number of aliphatic hydroxyl groups excluding tert-OH is 1. The first kappa shape index (κ1) is 19.9. The van der Waals surface area contributed by atoms with Gasteiger partial charge < -0.3 is 14.6 Å². The second-order valence-corrected chi connectivity index (χ2v) is 7.58. The average Bonchev–Trinajstić information content (AvgIpc) is 3.16. The van der Waals surface area contributed by atoms with Gasteiger partial charge >= 0.3 is 0 Å². The summed E-state index contributed by atoms with van der Waals surface area (Å²) in [6, 6.07) is 11.8. The number of methoxy groups -OCH3 is 1. The van der Waals surface area contributed by atoms with Gasteiger partial charge in [0.05, 0.1) is 41.8 Å². The number of aromatic nitrogens is 3. The monoisotopic (exact) mass is 413 g/mol. The van der Waals surface area contributed by atoms with Gasteiger partial charge in [-0.15, -0.1) is 11.3 Å². The summed E-state index contributed by atoms with van der Waals surface area (Å²) in [4.78, 5) is 14.7. The number of thiazole rings is 1. The molecule has 0 radical (unpaired) electrons. The van der Waals surface area contributed by atoms with Crippen molar-refractivity contribution in [3.05, 3.63) is 53.3 Å². The van der Waals surface area contributed by atoms with Crippen LogP contribution in [0.15, 0.2) is 42.6 Å². The van der Waals surface area contributed by atoms with Crippen molar-refractivity contribution >= 4 is 23.0 Å². The molecule has 3 aromatic rings. The van der Waals surface area contributed by atoms with E-state index in [1.165, 1.54) is 11.3 Å². The largest absolute Gasteiger partial charge is 0.389 e. The topological polar surface area (TPSA) is 83.8 Å². The zero-order valence-corrected chi connectivity index (χ0v) is 17.2. The van der Waals surface area contributed by atoms with Crippen molar-refractivity contribution in [1.29, 1.82) is 0 Å². The maximum absolute atomic E-state index is 9.41. The molecule has 9 heteroatoms. The smallest absolute Gasteiger partial charge is 0.245 e. The number of morpholine rings is 1. The van der Waals surface area contributed by atoms with Gasteiger partial charge in [-0.25, -0.2) is 20.0 Å². The van der Waals surface area contributed by atoms with E-state index in [0.29, 0.717) is 30.7 Å². The summed E-state index contributed by atoms with van der Waals surface area (Å²) in [5.74, 6) is 0.538. The van der Waals surface area contributed by atoms with Gasteiger partial charge in [-0.05, 0) is 25.1 Å². The number of aliphatic hydroxyl groups is 1. The Morgan fingerprint density at radius 2 is 2.10 bits per heavy atom. The Morgan fingerprint density at radius 1 is 1.28 bits per heavy atom. The summed E-state index contributed by atoms with van der Waals surface area (Å²) in [5, 5.41) is 14.1. The molecule has 0 aliphatic carbocycles. The van der Waals surface area contributed by atoms with Crippen molar-refractivity contribution in [2.24, 2.45) is 0 Å². The molecule has 1 fully saturated rings. The van der Waals surface area contributed by atoms with Crippen LogP contribution in [-0.2, 0) is 16.1 Å². The van der Waals surface area contributed by atoms with E-state index in [0.717, 1.165) is 22.0 Å². The van der Waals surface area contributed by atoms with Crippen molar-refractivity contribution < 1.29 is 14.6 Å². The van der Waals surface area contributed by atoms with Crippen LogP contribution in [0.2, 0.25) is 0 Å². The van der Waals surface area contributed by atoms with E-state index in [1.54, 1.807) is 13.3 Å². The minimum absolute atomic E-state index is 0.0805. The Hall–Kier alpha value is -2.43. The van der Waals surface area contributed by atoms with Crippen LogP contribution in [0.4, 0.5) is 11.6 Å². The summed E-state index contributed by atoms with van der Waals surface area (Å²) in [5.41, 5.74) is 2.55. The summed E-state index contributed by atoms with van der Waals surface area (Å²) >= 11 is 1.44. The van der Waals surface area contributed by atoms with Gasteiger partial charge in [0.2, 0.25) is 5.95 Å². The molecule has 0 bridgehead atoms. The Morgan fingerprint density at radius 3 is 2.83 bits per heavy atom. The molecule has 29 heavy (non-hydrogen) atoms. The molecule has 1 aromatic carbocycles. The molecule has 152 valence electrons. The lowest BCUT2D eigenvalue weighted by Gasteiger charge is -2.41. The highest BCUT2D eigenvalue weighted by molar-refractivity contribution is 7.15. The Labute approximate surface area is 173 Å². The van der Waals surface area contributed by atoms with Crippen molar-refractivity contribution in [1.82, 2.24) is 20.0 Å². The predicted molar refractivity (Wildman–Crippen MR) is 111 cm³/mol. The normalized spacial score (nSPS) is 17.4. The fourth-order valence-electron chi connectivity index (χ4n) is 3.27. The van der Waals surface area contributed by atoms with Gasteiger partial charge in [0.25, 0.3) is 0 Å². The highest BCUT2D eigenvalue weighted by Crippen LogP contribution is 2.32. The lowest BCUT2D eigenvalue weighted by molar-refractivity contribution is -0.124. The highest BCUT2D eigenvalue weighted by atomic mass is 32.1. The van der Waals surface area contributed by atoms with E-state index in [4.69, 9.17) is 14.5 Å². The minimum Gasteiger partial charge on any atom is -0.389 e. The molecular weight excluding hydrogens is 390 g/mol. The Bertz CT molecular complexity index is 952. The van der Waals surface area contributed by atoms with Crippen LogP contribution < -0.4 is 5.01 Å². The fraction of sp³-hybridized carbons (Fsp3) is 0.350. The van der Waals surface area contributed by atoms with Crippen LogP contribution in [0.25, 0.3) is 10.6 Å². The first-order valence-corrected chi connectivity index (χ1v) is 10.2. The second kappa shape index (κ2) is 8.93. The number of nitrogens with zero attached hydrogens (tertiary/aromatic N) is 5. The number of hydrogen-bond donors (Lipinski definition) is 1. The van der Waals surface area contributed by atoms with Gasteiger partial charge in [0.15, 0.2) is 6.23 Å². The molecule has 0 amide bonds. The first-order chi connectivity index (χ1) is 14.2. The van der Waals surface area contributed by atoms with Gasteiger partial charge in [-0.2, -0.15) is 5.01 Å².